The molecule has 0 aliphatic heterocycles. The van der Waals surface area contributed by atoms with E-state index in [9.17, 15) is 0 Å². The van der Waals surface area contributed by atoms with E-state index in [0.29, 0.717) is 24.9 Å². The van der Waals surface area contributed by atoms with Crippen molar-refractivity contribution in [2.45, 2.75) is 31.3 Å². The second-order valence-electron chi connectivity index (χ2n) is 5.19. The SMILES string of the molecule is CCOC(c1ccccc1)c1noc(C2(CN)CC2)n1. The minimum absolute atomic E-state index is 0.0846. The summed E-state index contributed by atoms with van der Waals surface area (Å²) in [4.78, 5) is 4.53. The van der Waals surface area contributed by atoms with E-state index < -0.39 is 0 Å². The van der Waals surface area contributed by atoms with E-state index in [1.165, 1.54) is 0 Å². The van der Waals surface area contributed by atoms with E-state index in [0.717, 1.165) is 18.4 Å². The zero-order valence-corrected chi connectivity index (χ0v) is 11.6. The lowest BCUT2D eigenvalue weighted by molar-refractivity contribution is 0.0833. The fraction of sp³-hybridized carbons (Fsp3) is 0.467. The van der Waals surface area contributed by atoms with E-state index in [-0.39, 0.29) is 11.5 Å². The highest BCUT2D eigenvalue weighted by molar-refractivity contribution is 5.24. The summed E-state index contributed by atoms with van der Waals surface area (Å²) in [6, 6.07) is 9.94. The first-order valence-electron chi connectivity index (χ1n) is 7.00. The molecular weight excluding hydrogens is 254 g/mol. The Balaban J connectivity index is 1.89. The lowest BCUT2D eigenvalue weighted by Crippen LogP contribution is -2.20. The molecule has 1 aliphatic carbocycles. The third kappa shape index (κ3) is 2.34. The van der Waals surface area contributed by atoms with Gasteiger partial charge in [0.25, 0.3) is 0 Å². The fourth-order valence-electron chi connectivity index (χ4n) is 2.33. The molecule has 1 fully saturated rings. The highest BCUT2D eigenvalue weighted by Gasteiger charge is 2.48. The van der Waals surface area contributed by atoms with Gasteiger partial charge in [0.05, 0.1) is 5.41 Å². The van der Waals surface area contributed by atoms with Crippen LogP contribution in [0.25, 0.3) is 0 Å². The zero-order valence-electron chi connectivity index (χ0n) is 11.6. The molecule has 1 unspecified atom stereocenters. The predicted octanol–water partition coefficient (Wildman–Crippen LogP) is 2.19. The number of hydrogen-bond acceptors (Lipinski definition) is 5. The number of hydrogen-bond donors (Lipinski definition) is 1. The summed E-state index contributed by atoms with van der Waals surface area (Å²) in [5, 5.41) is 4.10. The van der Waals surface area contributed by atoms with Gasteiger partial charge in [-0.05, 0) is 25.3 Å². The molecule has 2 N–H and O–H groups in total. The quantitative estimate of drug-likeness (QED) is 0.873. The van der Waals surface area contributed by atoms with Crippen molar-refractivity contribution in [1.82, 2.24) is 10.1 Å². The summed E-state index contributed by atoms with van der Waals surface area (Å²) >= 11 is 0. The lowest BCUT2D eigenvalue weighted by atomic mass is 10.1. The topological polar surface area (TPSA) is 74.2 Å². The van der Waals surface area contributed by atoms with Crippen LogP contribution >= 0.6 is 0 Å². The van der Waals surface area contributed by atoms with E-state index in [4.69, 9.17) is 15.0 Å². The first-order chi connectivity index (χ1) is 9.79. The molecule has 3 rings (SSSR count). The highest BCUT2D eigenvalue weighted by Crippen LogP contribution is 2.46. The number of rotatable bonds is 6. The van der Waals surface area contributed by atoms with E-state index >= 15 is 0 Å². The molecule has 1 heterocycles. The monoisotopic (exact) mass is 273 g/mol. The molecular formula is C15H19N3O2. The third-order valence-corrected chi connectivity index (χ3v) is 3.81. The Morgan fingerprint density at radius 3 is 2.70 bits per heavy atom. The largest absolute Gasteiger partial charge is 0.366 e. The average Bonchev–Trinajstić information content (AvgIpc) is 3.15. The van der Waals surface area contributed by atoms with Gasteiger partial charge in [-0.3, -0.25) is 0 Å². The number of benzene rings is 1. The van der Waals surface area contributed by atoms with E-state index in [1.807, 2.05) is 37.3 Å². The van der Waals surface area contributed by atoms with Crippen molar-refractivity contribution in [2.75, 3.05) is 13.2 Å². The molecule has 1 saturated carbocycles. The molecule has 5 heteroatoms. The second-order valence-corrected chi connectivity index (χ2v) is 5.19. The summed E-state index contributed by atoms with van der Waals surface area (Å²) in [6.45, 7) is 3.10. The fourth-order valence-corrected chi connectivity index (χ4v) is 2.33. The van der Waals surface area contributed by atoms with Gasteiger partial charge in [0.15, 0.2) is 0 Å². The maximum Gasteiger partial charge on any atom is 0.234 e. The number of nitrogens with two attached hydrogens (primary N) is 1. The van der Waals surface area contributed by atoms with Gasteiger partial charge in [-0.2, -0.15) is 4.98 Å². The molecule has 0 saturated heterocycles. The smallest absolute Gasteiger partial charge is 0.234 e. The van der Waals surface area contributed by atoms with Gasteiger partial charge >= 0.3 is 0 Å². The van der Waals surface area contributed by atoms with Gasteiger partial charge in [-0.25, -0.2) is 0 Å². The normalized spacial score (nSPS) is 17.9. The molecule has 0 bridgehead atoms. The standard InChI is InChI=1S/C15H19N3O2/c1-2-19-12(11-6-4-3-5-7-11)13-17-14(20-18-13)15(10-16)8-9-15/h3-7,12H,2,8-10,16H2,1H3. The second kappa shape index (κ2) is 5.34. The van der Waals surface area contributed by atoms with Crippen molar-refractivity contribution in [1.29, 1.82) is 0 Å². The highest BCUT2D eigenvalue weighted by atomic mass is 16.5. The van der Waals surface area contributed by atoms with Gasteiger partial charge in [-0.1, -0.05) is 35.5 Å². The molecule has 0 radical (unpaired) electrons. The Morgan fingerprint density at radius 1 is 1.35 bits per heavy atom. The van der Waals surface area contributed by atoms with Crippen LogP contribution < -0.4 is 5.73 Å². The van der Waals surface area contributed by atoms with Gasteiger partial charge in [0, 0.05) is 13.2 Å². The number of nitrogens with zero attached hydrogens (tertiary/aromatic N) is 2. The molecule has 1 atom stereocenters. The first kappa shape index (κ1) is 13.3. The molecule has 0 amide bonds. The molecule has 5 nitrogen and oxygen atoms in total. The Morgan fingerprint density at radius 2 is 2.10 bits per heavy atom. The van der Waals surface area contributed by atoms with Crippen LogP contribution in [0.3, 0.4) is 0 Å². The zero-order chi connectivity index (χ0) is 14.0. The molecule has 1 aromatic heterocycles. The summed E-state index contributed by atoms with van der Waals surface area (Å²) in [5.41, 5.74) is 6.74. The first-order valence-corrected chi connectivity index (χ1v) is 7.00. The third-order valence-electron chi connectivity index (χ3n) is 3.81. The average molecular weight is 273 g/mol. The minimum atomic E-state index is -0.285. The van der Waals surface area contributed by atoms with Crippen molar-refractivity contribution < 1.29 is 9.26 Å². The maximum absolute atomic E-state index is 5.80. The Labute approximate surface area is 118 Å². The van der Waals surface area contributed by atoms with E-state index in [2.05, 4.69) is 10.1 Å². The van der Waals surface area contributed by atoms with Crippen LogP contribution in [0.15, 0.2) is 34.9 Å². The number of aromatic nitrogens is 2. The van der Waals surface area contributed by atoms with E-state index in [1.54, 1.807) is 0 Å². The van der Waals surface area contributed by atoms with Crippen LogP contribution in [0.2, 0.25) is 0 Å². The molecule has 106 valence electrons. The molecule has 0 spiro atoms. The van der Waals surface area contributed by atoms with Crippen LogP contribution in [0.1, 0.15) is 43.1 Å². The van der Waals surface area contributed by atoms with Gasteiger partial charge in [-0.15, -0.1) is 0 Å². The number of ether oxygens (including phenoxy) is 1. The van der Waals surface area contributed by atoms with Crippen LogP contribution in [0.5, 0.6) is 0 Å². The summed E-state index contributed by atoms with van der Waals surface area (Å²) in [6.07, 6.45) is 1.76. The molecule has 2 aromatic rings. The summed E-state index contributed by atoms with van der Waals surface area (Å²) in [7, 11) is 0. The van der Waals surface area contributed by atoms with Gasteiger partial charge < -0.3 is 15.0 Å². The van der Waals surface area contributed by atoms with Crippen LogP contribution in [-0.2, 0) is 10.2 Å². The molecule has 1 aliphatic rings. The van der Waals surface area contributed by atoms with Gasteiger partial charge in [0.1, 0.15) is 6.10 Å². The van der Waals surface area contributed by atoms with Crippen LogP contribution in [0, 0.1) is 0 Å². The Bertz CT molecular complexity index is 564. The van der Waals surface area contributed by atoms with Gasteiger partial charge in [0.2, 0.25) is 11.7 Å². The minimum Gasteiger partial charge on any atom is -0.366 e. The lowest BCUT2D eigenvalue weighted by Gasteiger charge is -2.13. The van der Waals surface area contributed by atoms with Crippen molar-refractivity contribution in [3.63, 3.8) is 0 Å². The van der Waals surface area contributed by atoms with Crippen molar-refractivity contribution in [3.8, 4) is 0 Å². The summed E-state index contributed by atoms with van der Waals surface area (Å²) in [5.74, 6) is 1.23. The van der Waals surface area contributed by atoms with Crippen LogP contribution in [0.4, 0.5) is 0 Å². The Hall–Kier alpha value is -1.72. The van der Waals surface area contributed by atoms with Crippen LogP contribution in [-0.4, -0.2) is 23.3 Å². The molecule has 20 heavy (non-hydrogen) atoms. The van der Waals surface area contributed by atoms with Crippen molar-refractivity contribution in [3.05, 3.63) is 47.6 Å². The van der Waals surface area contributed by atoms with Crippen molar-refractivity contribution in [2.24, 2.45) is 5.73 Å². The van der Waals surface area contributed by atoms with Crippen molar-refractivity contribution >= 4 is 0 Å². The predicted molar refractivity (Wildman–Crippen MR) is 74.2 cm³/mol. The summed E-state index contributed by atoms with van der Waals surface area (Å²) < 4.78 is 11.2. The Kier molecular flexibility index (Phi) is 3.54. The maximum atomic E-state index is 5.80. The molecule has 1 aromatic carbocycles.